The van der Waals surface area contributed by atoms with Crippen molar-refractivity contribution < 1.29 is 9.59 Å². The number of nitrogens with zero attached hydrogens (tertiary/aromatic N) is 1. The van der Waals surface area contributed by atoms with Gasteiger partial charge in [-0.15, -0.1) is 0 Å². The molecule has 0 aromatic heterocycles. The molecule has 2 rings (SSSR count). The van der Waals surface area contributed by atoms with Crippen molar-refractivity contribution in [2.24, 2.45) is 11.8 Å². The molecule has 0 bridgehead atoms. The van der Waals surface area contributed by atoms with Crippen LogP contribution in [0.4, 0.5) is 0 Å². The maximum atomic E-state index is 12.4. The predicted molar refractivity (Wildman–Crippen MR) is 79.1 cm³/mol. The van der Waals surface area contributed by atoms with Crippen LogP contribution in [-0.4, -0.2) is 35.3 Å². The molecule has 1 aliphatic heterocycles. The van der Waals surface area contributed by atoms with Crippen molar-refractivity contribution in [1.82, 2.24) is 10.2 Å². The zero-order valence-electron chi connectivity index (χ0n) is 13.0. The van der Waals surface area contributed by atoms with Crippen molar-refractivity contribution in [2.75, 3.05) is 6.54 Å². The van der Waals surface area contributed by atoms with Crippen LogP contribution in [-0.2, 0) is 9.59 Å². The van der Waals surface area contributed by atoms with E-state index in [4.69, 9.17) is 0 Å². The van der Waals surface area contributed by atoms with Crippen molar-refractivity contribution in [2.45, 2.75) is 71.4 Å². The zero-order chi connectivity index (χ0) is 14.7. The number of piperazine rings is 1. The van der Waals surface area contributed by atoms with Crippen LogP contribution in [0.2, 0.25) is 0 Å². The molecular formula is C16H28N2O2. The first-order valence-electron chi connectivity index (χ1n) is 8.17. The molecule has 1 saturated carbocycles. The average Bonchev–Trinajstić information content (AvgIpc) is 2.48. The first kappa shape index (κ1) is 15.3. The Bertz CT molecular complexity index is 361. The third kappa shape index (κ3) is 3.15. The highest BCUT2D eigenvalue weighted by atomic mass is 16.2. The Hall–Kier alpha value is -1.06. The van der Waals surface area contributed by atoms with Gasteiger partial charge in [-0.05, 0) is 38.0 Å². The molecule has 1 heterocycles. The molecule has 114 valence electrons. The SMILES string of the molecule is CCC1CCC(CN2C(=O)C(CC)NC(=O)C2C)CC1. The van der Waals surface area contributed by atoms with Crippen molar-refractivity contribution >= 4 is 11.8 Å². The maximum absolute atomic E-state index is 12.4. The first-order valence-corrected chi connectivity index (χ1v) is 8.17. The van der Waals surface area contributed by atoms with E-state index in [9.17, 15) is 9.59 Å². The van der Waals surface area contributed by atoms with E-state index in [1.54, 1.807) is 0 Å². The minimum atomic E-state index is -0.314. The molecule has 2 fully saturated rings. The molecule has 0 spiro atoms. The van der Waals surface area contributed by atoms with Gasteiger partial charge in [-0.3, -0.25) is 9.59 Å². The second-order valence-corrected chi connectivity index (χ2v) is 6.43. The van der Waals surface area contributed by atoms with Crippen LogP contribution in [0.5, 0.6) is 0 Å². The molecular weight excluding hydrogens is 252 g/mol. The summed E-state index contributed by atoms with van der Waals surface area (Å²) < 4.78 is 0. The number of carbonyl (C=O) groups excluding carboxylic acids is 2. The highest BCUT2D eigenvalue weighted by Crippen LogP contribution is 2.31. The Balaban J connectivity index is 1.96. The number of nitrogens with one attached hydrogen (secondary N) is 1. The molecule has 1 N–H and O–H groups in total. The molecule has 2 atom stereocenters. The van der Waals surface area contributed by atoms with Crippen LogP contribution >= 0.6 is 0 Å². The second kappa shape index (κ2) is 6.59. The van der Waals surface area contributed by atoms with Crippen molar-refractivity contribution in [3.63, 3.8) is 0 Å². The van der Waals surface area contributed by atoms with E-state index in [-0.39, 0.29) is 23.9 Å². The summed E-state index contributed by atoms with van der Waals surface area (Å²) in [6.45, 7) is 6.82. The van der Waals surface area contributed by atoms with Gasteiger partial charge in [-0.2, -0.15) is 0 Å². The summed E-state index contributed by atoms with van der Waals surface area (Å²) in [5.41, 5.74) is 0. The smallest absolute Gasteiger partial charge is 0.245 e. The monoisotopic (exact) mass is 280 g/mol. The zero-order valence-corrected chi connectivity index (χ0v) is 13.0. The Morgan fingerprint density at radius 2 is 1.65 bits per heavy atom. The van der Waals surface area contributed by atoms with E-state index in [1.165, 1.54) is 32.1 Å². The molecule has 0 aromatic carbocycles. The van der Waals surface area contributed by atoms with E-state index in [1.807, 2.05) is 18.7 Å². The molecule has 1 saturated heterocycles. The van der Waals surface area contributed by atoms with Crippen LogP contribution in [0, 0.1) is 11.8 Å². The minimum absolute atomic E-state index is 0.00121. The number of hydrogen-bond donors (Lipinski definition) is 1. The summed E-state index contributed by atoms with van der Waals surface area (Å²) in [5, 5.41) is 2.82. The lowest BCUT2D eigenvalue weighted by molar-refractivity contribution is -0.149. The lowest BCUT2D eigenvalue weighted by atomic mass is 9.80. The van der Waals surface area contributed by atoms with Crippen LogP contribution < -0.4 is 5.32 Å². The van der Waals surface area contributed by atoms with Crippen LogP contribution in [0.15, 0.2) is 0 Å². The van der Waals surface area contributed by atoms with Gasteiger partial charge in [0.15, 0.2) is 0 Å². The molecule has 0 aromatic rings. The molecule has 0 radical (unpaired) electrons. The van der Waals surface area contributed by atoms with Gasteiger partial charge in [-0.25, -0.2) is 0 Å². The number of carbonyl (C=O) groups is 2. The summed E-state index contributed by atoms with van der Waals surface area (Å²) in [5.74, 6) is 1.55. The van der Waals surface area contributed by atoms with E-state index >= 15 is 0 Å². The van der Waals surface area contributed by atoms with Crippen LogP contribution in [0.1, 0.15) is 59.3 Å². The van der Waals surface area contributed by atoms with Gasteiger partial charge in [0.25, 0.3) is 0 Å². The molecule has 20 heavy (non-hydrogen) atoms. The molecule has 4 heteroatoms. The van der Waals surface area contributed by atoms with Gasteiger partial charge in [0, 0.05) is 6.54 Å². The fraction of sp³-hybridized carbons (Fsp3) is 0.875. The van der Waals surface area contributed by atoms with Gasteiger partial charge in [0.05, 0.1) is 0 Å². The van der Waals surface area contributed by atoms with E-state index in [0.717, 1.165) is 12.5 Å². The normalized spacial score (nSPS) is 35.0. The quantitative estimate of drug-likeness (QED) is 0.859. The summed E-state index contributed by atoms with van der Waals surface area (Å²) in [6.07, 6.45) is 6.91. The minimum Gasteiger partial charge on any atom is -0.343 e. The first-order chi connectivity index (χ1) is 9.56. The average molecular weight is 280 g/mol. The van der Waals surface area contributed by atoms with Crippen LogP contribution in [0.3, 0.4) is 0 Å². The van der Waals surface area contributed by atoms with Crippen molar-refractivity contribution in [3.8, 4) is 0 Å². The fourth-order valence-electron chi connectivity index (χ4n) is 3.51. The van der Waals surface area contributed by atoms with Gasteiger partial charge in [0.1, 0.15) is 12.1 Å². The molecule has 2 unspecified atom stereocenters. The highest BCUT2D eigenvalue weighted by Gasteiger charge is 2.38. The summed E-state index contributed by atoms with van der Waals surface area (Å²) >= 11 is 0. The standard InChI is InChI=1S/C16H28N2O2/c1-4-12-6-8-13(9-7-12)10-18-11(3)15(19)17-14(5-2)16(18)20/h11-14H,4-10H2,1-3H3,(H,17,19). The Morgan fingerprint density at radius 3 is 2.20 bits per heavy atom. The van der Waals surface area contributed by atoms with Crippen molar-refractivity contribution in [1.29, 1.82) is 0 Å². The van der Waals surface area contributed by atoms with Gasteiger partial charge >= 0.3 is 0 Å². The summed E-state index contributed by atoms with van der Waals surface area (Å²) in [7, 11) is 0. The Labute approximate surface area is 122 Å². The largest absolute Gasteiger partial charge is 0.343 e. The maximum Gasteiger partial charge on any atom is 0.245 e. The molecule has 1 aliphatic carbocycles. The highest BCUT2D eigenvalue weighted by molar-refractivity contribution is 5.96. The fourth-order valence-corrected chi connectivity index (χ4v) is 3.51. The Kier molecular flexibility index (Phi) is 5.06. The number of hydrogen-bond acceptors (Lipinski definition) is 2. The van der Waals surface area contributed by atoms with Gasteiger partial charge in [-0.1, -0.05) is 33.1 Å². The second-order valence-electron chi connectivity index (χ2n) is 6.43. The van der Waals surface area contributed by atoms with Gasteiger partial charge < -0.3 is 10.2 Å². The number of rotatable bonds is 4. The summed E-state index contributed by atoms with van der Waals surface area (Å²) in [4.78, 5) is 26.2. The van der Waals surface area contributed by atoms with Crippen LogP contribution in [0.25, 0.3) is 0 Å². The van der Waals surface area contributed by atoms with E-state index < -0.39 is 0 Å². The summed E-state index contributed by atoms with van der Waals surface area (Å²) in [6, 6.07) is -0.625. The van der Waals surface area contributed by atoms with Gasteiger partial charge in [0.2, 0.25) is 11.8 Å². The molecule has 2 aliphatic rings. The Morgan fingerprint density at radius 1 is 1.05 bits per heavy atom. The molecule has 2 amide bonds. The third-order valence-corrected chi connectivity index (χ3v) is 5.15. The third-order valence-electron chi connectivity index (χ3n) is 5.15. The lowest BCUT2D eigenvalue weighted by Crippen LogP contribution is -2.63. The predicted octanol–water partition coefficient (Wildman–Crippen LogP) is 2.33. The van der Waals surface area contributed by atoms with E-state index in [0.29, 0.717) is 12.3 Å². The van der Waals surface area contributed by atoms with E-state index in [2.05, 4.69) is 12.2 Å². The topological polar surface area (TPSA) is 49.4 Å². The lowest BCUT2D eigenvalue weighted by Gasteiger charge is -2.40. The number of amides is 2. The molecule has 4 nitrogen and oxygen atoms in total. The van der Waals surface area contributed by atoms with Crippen molar-refractivity contribution in [3.05, 3.63) is 0 Å².